The first-order valence-electron chi connectivity index (χ1n) is 49.9. The van der Waals surface area contributed by atoms with Gasteiger partial charge < -0.3 is 4.74 Å². The van der Waals surface area contributed by atoms with Crippen LogP contribution in [0.15, 0.2) is 83.1 Å². The maximum atomic E-state index is 12.5. The molecule has 1 heterocycles. The molecule has 126 heavy (non-hydrogen) atoms. The van der Waals surface area contributed by atoms with Gasteiger partial charge in [-0.25, -0.2) is 0 Å². The van der Waals surface area contributed by atoms with E-state index in [1.54, 1.807) is 18.2 Å². The first-order chi connectivity index (χ1) is 59.0. The Morgan fingerprint density at radius 1 is 0.333 bits per heavy atom. The number of hydrogen-bond acceptors (Lipinski definition) is 15. The average Bonchev–Trinajstić information content (AvgIpc) is 1.55. The Labute approximate surface area is 753 Å². The highest BCUT2D eigenvalue weighted by Gasteiger charge is 2.64. The number of allylic oxidation sites excluding steroid dienone is 14. The van der Waals surface area contributed by atoms with Gasteiger partial charge in [0.15, 0.2) is 28.9 Å². The van der Waals surface area contributed by atoms with Gasteiger partial charge in [0.2, 0.25) is 0 Å². The van der Waals surface area contributed by atoms with Gasteiger partial charge in [0.25, 0.3) is 0 Å². The summed E-state index contributed by atoms with van der Waals surface area (Å²) in [4.78, 5) is 172. The minimum absolute atomic E-state index is 0. The monoisotopic (exact) mass is 1730 g/mol. The van der Waals surface area contributed by atoms with E-state index in [2.05, 4.69) is 72.8 Å². The summed E-state index contributed by atoms with van der Waals surface area (Å²) >= 11 is 0. The van der Waals surface area contributed by atoms with E-state index in [-0.39, 0.29) is 176 Å². The van der Waals surface area contributed by atoms with Crippen LogP contribution >= 0.6 is 0 Å². The second-order valence-corrected chi connectivity index (χ2v) is 44.7. The van der Waals surface area contributed by atoms with Crippen molar-refractivity contribution in [2.24, 2.45) is 207 Å². The molecule has 0 radical (unpaired) electrons. The fourth-order valence-corrected chi connectivity index (χ4v) is 31.5. The van der Waals surface area contributed by atoms with Gasteiger partial charge in [-0.2, -0.15) is 0 Å². The molecule has 1 saturated heterocycles. The minimum atomic E-state index is -0.164. The number of carbonyl (C=O) groups excluding carboxylic acids is 14. The number of rotatable bonds is 0. The van der Waals surface area contributed by atoms with Crippen LogP contribution in [0.4, 0.5) is 0 Å². The van der Waals surface area contributed by atoms with E-state index in [0.717, 1.165) is 140 Å². The average molecular weight is 1730 g/mol. The zero-order valence-corrected chi connectivity index (χ0v) is 75.3. The van der Waals surface area contributed by atoms with Crippen LogP contribution in [-0.4, -0.2) is 93.2 Å². The molecule has 37 atom stereocenters. The van der Waals surface area contributed by atoms with E-state index in [1.807, 2.05) is 32.1 Å². The largest absolute Gasteiger partial charge is 0.361 e. The third-order valence-electron chi connectivity index (χ3n) is 37.1. The van der Waals surface area contributed by atoms with Crippen LogP contribution in [0.5, 0.6) is 0 Å². The van der Waals surface area contributed by atoms with Crippen LogP contribution in [0, 0.1) is 207 Å². The fraction of sp³-hybridized carbons (Fsp3) is 0.748. The lowest BCUT2D eigenvalue weighted by molar-refractivity contribution is -0.148. The van der Waals surface area contributed by atoms with Crippen molar-refractivity contribution >= 4 is 81.0 Å². The van der Waals surface area contributed by atoms with Gasteiger partial charge in [-0.15, -0.1) is 0 Å². The molecule has 1 unspecified atom stereocenters. The van der Waals surface area contributed by atoms with Gasteiger partial charge in [-0.05, 0) is 337 Å². The third kappa shape index (κ3) is 18.6. The van der Waals surface area contributed by atoms with Crippen molar-refractivity contribution in [3.63, 3.8) is 0 Å². The first kappa shape index (κ1) is 95.6. The van der Waals surface area contributed by atoms with Gasteiger partial charge in [0, 0.05) is 140 Å². The third-order valence-corrected chi connectivity index (χ3v) is 37.1. The molecule has 15 heteroatoms. The Hall–Kier alpha value is -6.48. The molecule has 0 aromatic heterocycles. The van der Waals surface area contributed by atoms with Gasteiger partial charge in [0.05, 0.1) is 6.10 Å². The highest BCUT2D eigenvalue weighted by atomic mass is 16.6. The van der Waals surface area contributed by atoms with Crippen molar-refractivity contribution in [3.05, 3.63) is 83.1 Å². The summed E-state index contributed by atoms with van der Waals surface area (Å²) in [6, 6.07) is 0. The topological polar surface area (TPSA) is 252 Å². The van der Waals surface area contributed by atoms with Gasteiger partial charge in [-0.3, -0.25) is 67.1 Å². The van der Waals surface area contributed by atoms with Crippen LogP contribution in [0.1, 0.15) is 303 Å². The molecule has 688 valence electrons. The van der Waals surface area contributed by atoms with E-state index >= 15 is 0 Å². The van der Waals surface area contributed by atoms with Crippen molar-refractivity contribution in [2.75, 3.05) is 0 Å². The summed E-state index contributed by atoms with van der Waals surface area (Å²) in [5.74, 6) is 14.1. The quantitative estimate of drug-likeness (QED) is 0.161. The number of fused-ring (bicyclic) bond motifs is 23. The lowest BCUT2D eigenvalue weighted by Gasteiger charge is -2.50. The normalized spacial score (nSPS) is 45.2. The molecule has 23 rings (SSSR count). The molecule has 16 fully saturated rings. The Bertz CT molecular complexity index is 4230. The van der Waals surface area contributed by atoms with E-state index in [4.69, 9.17) is 4.74 Å². The van der Waals surface area contributed by atoms with Crippen LogP contribution < -0.4 is 0 Å². The zero-order valence-electron chi connectivity index (χ0n) is 75.3. The molecule has 15 nitrogen and oxygen atoms in total. The van der Waals surface area contributed by atoms with Gasteiger partial charge >= 0.3 is 0 Å². The van der Waals surface area contributed by atoms with Crippen molar-refractivity contribution in [1.29, 1.82) is 0 Å². The predicted octanol–water partition coefficient (Wildman–Crippen LogP) is 21.2. The molecule has 1 aliphatic heterocycles. The second kappa shape index (κ2) is 39.5. The highest BCUT2D eigenvalue weighted by Crippen LogP contribution is 2.61. The molecule has 0 spiro atoms. The lowest BCUT2D eigenvalue weighted by atomic mass is 9.53. The summed E-state index contributed by atoms with van der Waals surface area (Å²) < 4.78 is 5.44. The summed E-state index contributed by atoms with van der Waals surface area (Å²) in [5, 5.41) is 0. The summed E-state index contributed by atoms with van der Waals surface area (Å²) in [6.07, 6.45) is 54.6. The number of epoxide rings is 1. The Morgan fingerprint density at radius 2 is 0.770 bits per heavy atom. The maximum Gasteiger partial charge on any atom is 0.168 e. The predicted molar refractivity (Wildman–Crippen MR) is 489 cm³/mol. The van der Waals surface area contributed by atoms with Crippen LogP contribution in [0.3, 0.4) is 0 Å². The highest BCUT2D eigenvalue weighted by molar-refractivity contribution is 6.05. The molecule has 23 aliphatic rings. The van der Waals surface area contributed by atoms with Crippen molar-refractivity contribution in [3.8, 4) is 0 Å². The number of hydrogen-bond donors (Lipinski definition) is 0. The molecular weight excluding hydrogens is 1570 g/mol. The van der Waals surface area contributed by atoms with Gasteiger partial charge in [0.1, 0.15) is 58.2 Å². The summed E-state index contributed by atoms with van der Waals surface area (Å²) in [5.41, 5.74) is 4.56. The van der Waals surface area contributed by atoms with Gasteiger partial charge in [-0.1, -0.05) is 116 Å². The van der Waals surface area contributed by atoms with Crippen molar-refractivity contribution < 1.29 is 71.9 Å². The fourth-order valence-electron chi connectivity index (χ4n) is 31.5. The number of ether oxygens (including phenoxy) is 1. The van der Waals surface area contributed by atoms with Crippen molar-refractivity contribution in [1.82, 2.24) is 0 Å². The summed E-state index contributed by atoms with van der Waals surface area (Å²) in [6.45, 7) is 19.2. The van der Waals surface area contributed by atoms with Crippen LogP contribution in [0.2, 0.25) is 0 Å². The van der Waals surface area contributed by atoms with E-state index in [9.17, 15) is 67.1 Å². The molecule has 0 bridgehead atoms. The molecule has 0 N–H and O–H groups in total. The molecule has 22 aliphatic carbocycles. The van der Waals surface area contributed by atoms with E-state index < -0.39 is 0 Å². The van der Waals surface area contributed by atoms with Crippen molar-refractivity contribution in [2.45, 2.75) is 315 Å². The Morgan fingerprint density at radius 3 is 1.27 bits per heavy atom. The number of ketones is 14. The molecule has 0 amide bonds. The Balaban J connectivity index is 0.000000119. The minimum Gasteiger partial charge on any atom is -0.361 e. The standard InChI is InChI=1S/C17H20O2.2C16H24O2.C16H18O2.C15H16O3.2C14H20O2.3CH4/c1-9-5-7-14(18)15-13(9)8-11(3)12-6-4-10(2)17(19)16(12)15;3*1-9-6-11-8-10(2)12-4-3-5-13(17)16(12)15(11)14(18)7-9;16-13-9-4-8(9)3-6-1-2-7-5-10-15(18-10)14(17)12(7)11(6)13;2*15-11-5-1-3-9-7-8-10-4-2-6-12(16)14(10)13(9)11;;;/h4-5,7-9,12-13,15-16H,6H2,1-3H3;2*9-12,15-16H,3-8H2,1-2H3;3,5,7-8,11-12,15-16H,4,6H2,1-2H3;1-2,6-12,15H,3-5H2;2*9-10,13-14H,1-8H2;3*1H4/t9-,12-,13+,15-,16+;9?,10-,11+,12+,15+,16+;9-,10-,11-,12-,15-,16-;11-,12-,15-,16-;6-,7-,8+,9-,10-,11-,12-,15-;9-,10-,13-,14+;9-,10-,13-,14-;;;/m1011100.../s1. The molecular formula is C111H154O15. The smallest absolute Gasteiger partial charge is 0.168 e. The SMILES string of the molecule is C.C.C.CC1=CC(=O)[C@@H]2[C@H]3C(=O)C=CC[C@@H]3C(C)=C[C@H]2C1.CC1=CC[C@@H]2C(C)=C[C@@H]3[C@H](C(=O)C=C[C@H]3C)[C@H]2C1=O.CC1CC(=O)[C@H]2[C@H](C1)C[C@H](C)[C@H]1CCCC(=O)[C@@H]12.C[C@H]1CC(=O)[C@H]2[C@H](C1)C[C@@H](C)[C@H]1CCCC(=O)[C@@H]12.O=C1CCC[C@H]2CC[C@@H]3CCCC(=O)[C@@H]3[C@H]12.O=C1CCC[C@H]2CC[C@@H]3CCCC(=O)[C@H]3[C@H]12.O=C1[C@H]2[C@@H]3C(=O)[C@@H]4O[C@@H]4C[C@H]3C=C[C@@H]2C[C@H]2C[C@@H]12. The van der Waals surface area contributed by atoms with E-state index in [0.29, 0.717) is 160 Å². The summed E-state index contributed by atoms with van der Waals surface area (Å²) in [7, 11) is 0. The lowest BCUT2D eigenvalue weighted by Crippen LogP contribution is -2.50. The number of carbonyl (C=O) groups is 14. The maximum absolute atomic E-state index is 12.5. The number of Topliss-reactive ketones (excluding diaryl/α,β-unsaturated/α-hetero) is 11. The first-order valence-corrected chi connectivity index (χ1v) is 49.9. The Kier molecular flexibility index (Phi) is 30.0. The van der Waals surface area contributed by atoms with Crippen LogP contribution in [-0.2, 0) is 71.9 Å². The zero-order chi connectivity index (χ0) is 86.6. The van der Waals surface area contributed by atoms with E-state index in [1.165, 1.54) is 88.2 Å². The van der Waals surface area contributed by atoms with Crippen LogP contribution in [0.25, 0.3) is 0 Å². The second-order valence-electron chi connectivity index (χ2n) is 44.7. The molecule has 0 aromatic rings. The molecule has 15 saturated carbocycles. The molecule has 0 aromatic carbocycles.